The third-order valence-electron chi connectivity index (χ3n) is 2.87. The Labute approximate surface area is 131 Å². The van der Waals surface area contributed by atoms with Gasteiger partial charge >= 0.3 is 0 Å². The van der Waals surface area contributed by atoms with Gasteiger partial charge in [-0.05, 0) is 47.9 Å². The number of hydrogen-bond donors (Lipinski definition) is 0. The summed E-state index contributed by atoms with van der Waals surface area (Å²) in [5.74, 6) is 0.843. The topological polar surface area (TPSA) is 9.23 Å². The fourth-order valence-electron chi connectivity index (χ4n) is 1.83. The Balaban J connectivity index is 2.15. The summed E-state index contributed by atoms with van der Waals surface area (Å²) in [6.07, 6.45) is 0.724. The van der Waals surface area contributed by atoms with E-state index in [-0.39, 0.29) is 5.38 Å². The van der Waals surface area contributed by atoms with Crippen LogP contribution in [0.2, 0.25) is 5.02 Å². The fraction of sp³-hybridized carbons (Fsp3) is 0.200. The molecular weight excluding hydrogens is 347 g/mol. The Kier molecular flexibility index (Phi) is 5.14. The third-order valence-corrected chi connectivity index (χ3v) is 4.10. The zero-order valence-electron chi connectivity index (χ0n) is 10.4. The van der Waals surface area contributed by atoms with Crippen molar-refractivity contribution in [3.63, 3.8) is 0 Å². The normalized spacial score (nSPS) is 12.2. The maximum atomic E-state index is 6.46. The van der Waals surface area contributed by atoms with E-state index in [1.54, 1.807) is 7.11 Å². The Morgan fingerprint density at radius 2 is 1.84 bits per heavy atom. The summed E-state index contributed by atoms with van der Waals surface area (Å²) in [6.45, 7) is 0. The minimum absolute atomic E-state index is 0.154. The van der Waals surface area contributed by atoms with Crippen molar-refractivity contribution >= 4 is 39.1 Å². The average Bonchev–Trinajstić information content (AvgIpc) is 2.42. The molecule has 1 atom stereocenters. The van der Waals surface area contributed by atoms with Crippen LogP contribution in [0, 0.1) is 0 Å². The molecule has 4 heteroatoms. The van der Waals surface area contributed by atoms with E-state index in [0.29, 0.717) is 5.02 Å². The van der Waals surface area contributed by atoms with Gasteiger partial charge in [-0.3, -0.25) is 0 Å². The van der Waals surface area contributed by atoms with Crippen LogP contribution < -0.4 is 4.74 Å². The molecule has 1 unspecified atom stereocenters. The van der Waals surface area contributed by atoms with E-state index in [1.165, 1.54) is 0 Å². The number of ether oxygens (including phenoxy) is 1. The predicted octanol–water partition coefficient (Wildman–Crippen LogP) is 5.63. The number of benzene rings is 2. The molecule has 0 saturated carbocycles. The molecule has 0 fully saturated rings. The van der Waals surface area contributed by atoms with Crippen LogP contribution in [0.4, 0.5) is 0 Å². The van der Waals surface area contributed by atoms with Gasteiger partial charge in [-0.25, -0.2) is 0 Å². The highest BCUT2D eigenvalue weighted by Crippen LogP contribution is 2.33. The first-order valence-electron chi connectivity index (χ1n) is 5.82. The van der Waals surface area contributed by atoms with Crippen molar-refractivity contribution in [3.8, 4) is 5.75 Å². The highest BCUT2D eigenvalue weighted by Gasteiger charge is 2.13. The maximum Gasteiger partial charge on any atom is 0.118 e. The van der Waals surface area contributed by atoms with Gasteiger partial charge in [0.25, 0.3) is 0 Å². The van der Waals surface area contributed by atoms with E-state index < -0.39 is 0 Å². The van der Waals surface area contributed by atoms with Crippen LogP contribution in [0.5, 0.6) is 5.75 Å². The molecule has 0 bridgehead atoms. The van der Waals surface area contributed by atoms with Crippen LogP contribution in [0.3, 0.4) is 0 Å². The molecule has 100 valence electrons. The van der Waals surface area contributed by atoms with E-state index >= 15 is 0 Å². The Hall–Kier alpha value is -0.700. The van der Waals surface area contributed by atoms with Crippen molar-refractivity contribution < 1.29 is 4.74 Å². The van der Waals surface area contributed by atoms with Crippen molar-refractivity contribution in [3.05, 3.63) is 63.1 Å². The number of methoxy groups -OCH3 is 1. The second-order valence-corrected chi connectivity index (χ2v) is 6.04. The van der Waals surface area contributed by atoms with Gasteiger partial charge in [0.2, 0.25) is 0 Å². The SMILES string of the molecule is COc1ccc(CC(Cl)c2cc(Br)ccc2Cl)cc1. The van der Waals surface area contributed by atoms with Crippen molar-refractivity contribution in [1.82, 2.24) is 0 Å². The first-order chi connectivity index (χ1) is 9.10. The summed E-state index contributed by atoms with van der Waals surface area (Å²) >= 11 is 16.1. The molecule has 2 aromatic rings. The standard InChI is InChI=1S/C15H13BrCl2O/c1-19-12-5-2-10(3-6-12)8-15(18)13-9-11(16)4-7-14(13)17/h2-7,9,15H,8H2,1H3. The first kappa shape index (κ1) is 14.7. The molecule has 0 radical (unpaired) electrons. The molecule has 0 aromatic heterocycles. The minimum atomic E-state index is -0.154. The van der Waals surface area contributed by atoms with Crippen molar-refractivity contribution in [1.29, 1.82) is 0 Å². The molecule has 0 spiro atoms. The zero-order chi connectivity index (χ0) is 13.8. The van der Waals surface area contributed by atoms with E-state index in [1.807, 2.05) is 42.5 Å². The molecule has 1 nitrogen and oxygen atoms in total. The van der Waals surface area contributed by atoms with Gasteiger partial charge in [-0.1, -0.05) is 39.7 Å². The summed E-state index contributed by atoms with van der Waals surface area (Å²) in [5.41, 5.74) is 2.09. The number of rotatable bonds is 4. The van der Waals surface area contributed by atoms with Gasteiger partial charge in [0.1, 0.15) is 5.75 Å². The van der Waals surface area contributed by atoms with Crippen LogP contribution in [0.15, 0.2) is 46.9 Å². The van der Waals surface area contributed by atoms with Gasteiger partial charge in [0.05, 0.1) is 12.5 Å². The Morgan fingerprint density at radius 1 is 1.16 bits per heavy atom. The van der Waals surface area contributed by atoms with Gasteiger partial charge < -0.3 is 4.74 Å². The lowest BCUT2D eigenvalue weighted by molar-refractivity contribution is 0.414. The molecule has 0 aliphatic rings. The van der Waals surface area contributed by atoms with Crippen molar-refractivity contribution in [2.75, 3.05) is 7.11 Å². The van der Waals surface area contributed by atoms with Gasteiger partial charge in [0, 0.05) is 9.50 Å². The highest BCUT2D eigenvalue weighted by atomic mass is 79.9. The van der Waals surface area contributed by atoms with Gasteiger partial charge in [-0.2, -0.15) is 0 Å². The van der Waals surface area contributed by atoms with Crippen LogP contribution in [-0.2, 0) is 6.42 Å². The van der Waals surface area contributed by atoms with Crippen LogP contribution in [-0.4, -0.2) is 7.11 Å². The number of hydrogen-bond acceptors (Lipinski definition) is 1. The molecule has 0 N–H and O–H groups in total. The molecular formula is C15H13BrCl2O. The number of alkyl halides is 1. The fourth-order valence-corrected chi connectivity index (χ4v) is 2.88. The monoisotopic (exact) mass is 358 g/mol. The van der Waals surface area contributed by atoms with Gasteiger partial charge in [-0.15, -0.1) is 11.6 Å². The molecule has 0 aliphatic heterocycles. The van der Waals surface area contributed by atoms with Crippen LogP contribution in [0.25, 0.3) is 0 Å². The van der Waals surface area contributed by atoms with Crippen LogP contribution in [0.1, 0.15) is 16.5 Å². The average molecular weight is 360 g/mol. The van der Waals surface area contributed by atoms with E-state index in [0.717, 1.165) is 27.8 Å². The quantitative estimate of drug-likeness (QED) is 0.642. The number of halogens is 3. The minimum Gasteiger partial charge on any atom is -0.497 e. The molecule has 0 saturated heterocycles. The maximum absolute atomic E-state index is 6.46. The Morgan fingerprint density at radius 3 is 2.47 bits per heavy atom. The zero-order valence-corrected chi connectivity index (χ0v) is 13.5. The highest BCUT2D eigenvalue weighted by molar-refractivity contribution is 9.10. The van der Waals surface area contributed by atoms with Crippen molar-refractivity contribution in [2.45, 2.75) is 11.8 Å². The van der Waals surface area contributed by atoms with Crippen molar-refractivity contribution in [2.24, 2.45) is 0 Å². The lowest BCUT2D eigenvalue weighted by atomic mass is 10.0. The lowest BCUT2D eigenvalue weighted by Crippen LogP contribution is -1.97. The summed E-state index contributed by atoms with van der Waals surface area (Å²) < 4.78 is 6.11. The predicted molar refractivity (Wildman–Crippen MR) is 84.4 cm³/mol. The largest absolute Gasteiger partial charge is 0.497 e. The van der Waals surface area contributed by atoms with E-state index in [4.69, 9.17) is 27.9 Å². The molecule has 0 aliphatic carbocycles. The molecule has 0 amide bonds. The summed E-state index contributed by atoms with van der Waals surface area (Å²) in [7, 11) is 1.65. The lowest BCUT2D eigenvalue weighted by Gasteiger charge is -2.12. The summed E-state index contributed by atoms with van der Waals surface area (Å²) in [5, 5.41) is 0.537. The summed E-state index contributed by atoms with van der Waals surface area (Å²) in [6, 6.07) is 13.6. The summed E-state index contributed by atoms with van der Waals surface area (Å²) in [4.78, 5) is 0. The smallest absolute Gasteiger partial charge is 0.118 e. The second-order valence-electron chi connectivity index (χ2n) is 4.19. The first-order valence-corrected chi connectivity index (χ1v) is 7.43. The van der Waals surface area contributed by atoms with Gasteiger partial charge in [0.15, 0.2) is 0 Å². The molecule has 19 heavy (non-hydrogen) atoms. The Bertz CT molecular complexity index is 555. The van der Waals surface area contributed by atoms with E-state index in [9.17, 15) is 0 Å². The third kappa shape index (κ3) is 3.88. The van der Waals surface area contributed by atoms with Crippen LogP contribution >= 0.6 is 39.1 Å². The molecule has 2 rings (SSSR count). The second kappa shape index (κ2) is 6.65. The van der Waals surface area contributed by atoms with E-state index in [2.05, 4.69) is 15.9 Å². The molecule has 2 aromatic carbocycles. The molecule has 0 heterocycles.